The molecule has 10 nitrogen and oxygen atoms in total. The Labute approximate surface area is 295 Å². The summed E-state index contributed by atoms with van der Waals surface area (Å²) < 4.78 is 0.648. The molecule has 0 unspecified atom stereocenters. The highest BCUT2D eigenvalue weighted by Gasteiger charge is 2.14. The smallest absolute Gasteiger partial charge is 0.276 e. The van der Waals surface area contributed by atoms with Crippen LogP contribution in [0.2, 0.25) is 0 Å². The number of piperazine rings is 1. The second-order valence-corrected chi connectivity index (χ2v) is 12.1. The van der Waals surface area contributed by atoms with Gasteiger partial charge in [0.1, 0.15) is 0 Å². The van der Waals surface area contributed by atoms with E-state index in [1.165, 1.54) is 12.4 Å². The predicted molar refractivity (Wildman–Crippen MR) is 201 cm³/mol. The Bertz CT molecular complexity index is 1230. The van der Waals surface area contributed by atoms with Crippen LogP contribution in [0.25, 0.3) is 0 Å². The number of aryl methyl sites for hydroxylation is 1. The van der Waals surface area contributed by atoms with Gasteiger partial charge in [-0.3, -0.25) is 14.5 Å². The first-order valence-electron chi connectivity index (χ1n) is 18.2. The molecule has 0 aliphatic carbocycles. The average molecular weight is 676 g/mol. The van der Waals surface area contributed by atoms with E-state index in [1.54, 1.807) is 6.92 Å². The molecule has 1 aromatic heterocycles. The summed E-state index contributed by atoms with van der Waals surface area (Å²) in [7, 11) is 0. The largest absolute Gasteiger partial charge is 0.618 e. The minimum atomic E-state index is -0.368. The first-order chi connectivity index (χ1) is 24.0. The number of nitrogens with one attached hydrogen (secondary N) is 3. The lowest BCUT2D eigenvalue weighted by molar-refractivity contribution is -0.613. The van der Waals surface area contributed by atoms with E-state index in [1.807, 2.05) is 0 Å². The third-order valence-electron chi connectivity index (χ3n) is 7.97. The van der Waals surface area contributed by atoms with Crippen LogP contribution in [0.3, 0.4) is 0 Å². The van der Waals surface area contributed by atoms with Crippen molar-refractivity contribution < 1.29 is 14.3 Å². The fraction of sp³-hybridized carbons (Fsp3) is 0.538. The van der Waals surface area contributed by atoms with Crippen LogP contribution in [0.5, 0.6) is 0 Å². The summed E-state index contributed by atoms with van der Waals surface area (Å²) >= 11 is 0. The topological polar surface area (TPSA) is 117 Å². The first-order valence-corrected chi connectivity index (χ1v) is 18.2. The lowest BCUT2D eigenvalue weighted by Gasteiger charge is -2.29. The molecular weight excluding hydrogens is 614 g/mol. The minimum absolute atomic E-state index is 0.0463. The predicted octanol–water partition coefficient (Wildman–Crippen LogP) is 4.94. The molecule has 0 radical (unpaired) electrons. The van der Waals surface area contributed by atoms with Gasteiger partial charge in [0, 0.05) is 65.7 Å². The van der Waals surface area contributed by atoms with Gasteiger partial charge < -0.3 is 26.1 Å². The summed E-state index contributed by atoms with van der Waals surface area (Å²) in [5.74, 6) is -0.321. The zero-order valence-electron chi connectivity index (χ0n) is 30.0. The van der Waals surface area contributed by atoms with Crippen LogP contribution in [0, 0.1) is 12.1 Å². The molecule has 0 atom stereocenters. The van der Waals surface area contributed by atoms with Crippen molar-refractivity contribution in [3.05, 3.63) is 102 Å². The quantitative estimate of drug-likeness (QED) is 0.0764. The van der Waals surface area contributed by atoms with Gasteiger partial charge in [0.2, 0.25) is 17.8 Å². The Morgan fingerprint density at radius 2 is 1.41 bits per heavy atom. The van der Waals surface area contributed by atoms with Crippen molar-refractivity contribution >= 4 is 11.8 Å². The van der Waals surface area contributed by atoms with Crippen LogP contribution >= 0.6 is 0 Å². The van der Waals surface area contributed by atoms with Gasteiger partial charge in [-0.25, -0.2) is 4.98 Å². The first kappa shape index (κ1) is 41.3. The second-order valence-electron chi connectivity index (χ2n) is 12.1. The van der Waals surface area contributed by atoms with Crippen molar-refractivity contribution in [1.29, 1.82) is 0 Å². The highest BCUT2D eigenvalue weighted by molar-refractivity contribution is 5.91. The van der Waals surface area contributed by atoms with Crippen molar-refractivity contribution in [1.82, 2.24) is 30.7 Å². The Balaban J connectivity index is 1.59. The summed E-state index contributed by atoms with van der Waals surface area (Å²) in [5, 5.41) is 21.1. The molecule has 0 aromatic carbocycles. The van der Waals surface area contributed by atoms with E-state index in [0.717, 1.165) is 84.2 Å². The van der Waals surface area contributed by atoms with Crippen LogP contribution in [0.4, 0.5) is 0 Å². The lowest BCUT2D eigenvalue weighted by atomic mass is 10.2. The lowest BCUT2D eigenvalue weighted by Crippen LogP contribution is -2.45. The molecule has 0 spiro atoms. The molecule has 2 rings (SSSR count). The van der Waals surface area contributed by atoms with E-state index < -0.39 is 0 Å². The number of allylic oxidation sites excluding steroid dienone is 12. The van der Waals surface area contributed by atoms with Gasteiger partial charge in [-0.05, 0) is 64.5 Å². The summed E-state index contributed by atoms with van der Waals surface area (Å²) in [5.41, 5.74) is 0.539. The molecule has 10 heteroatoms. The minimum Gasteiger partial charge on any atom is -0.618 e. The van der Waals surface area contributed by atoms with Crippen molar-refractivity contribution in [3.63, 3.8) is 0 Å². The van der Waals surface area contributed by atoms with Gasteiger partial charge in [-0.15, -0.1) is 0 Å². The zero-order chi connectivity index (χ0) is 35.2. The molecule has 0 bridgehead atoms. The normalized spacial score (nSPS) is 14.6. The molecular formula is C39H61N7O3. The molecule has 1 aromatic rings. The number of hydrogen-bond acceptors (Lipinski definition) is 7. The van der Waals surface area contributed by atoms with Crippen LogP contribution < -0.4 is 20.7 Å². The molecule has 1 aliphatic rings. The van der Waals surface area contributed by atoms with Gasteiger partial charge in [0.25, 0.3) is 5.91 Å². The standard InChI is InChI=1S/C39H61N7O3/c1-3-4-5-6-7-8-9-10-11-12-13-14-15-16-17-18-19-20-21-23-38(47)41-26-32-45(29-22-28-44-30-24-40-25-31-44)33-27-42-39(48)37-35-46(49)36(2)34-43-37/h4-5,7-8,10-11,13-14,16-17,19-20,34-35,40H,3,6,9,12,15,18,21-33H2,1-2H3,(H,41,47)(H,42,48). The van der Waals surface area contributed by atoms with Crippen molar-refractivity contribution in [2.45, 2.75) is 71.6 Å². The average Bonchev–Trinajstić information content (AvgIpc) is 3.10. The molecule has 49 heavy (non-hydrogen) atoms. The fourth-order valence-corrected chi connectivity index (χ4v) is 5.09. The summed E-state index contributed by atoms with van der Waals surface area (Å²) in [6, 6.07) is 0. The molecule has 2 amide bonds. The number of amides is 2. The van der Waals surface area contributed by atoms with Gasteiger partial charge in [0.15, 0.2) is 5.69 Å². The number of nitrogens with zero attached hydrogens (tertiary/aromatic N) is 4. The number of carbonyl (C=O) groups excluding carboxylic acids is 2. The zero-order valence-corrected chi connectivity index (χ0v) is 30.0. The van der Waals surface area contributed by atoms with E-state index in [9.17, 15) is 14.8 Å². The fourth-order valence-electron chi connectivity index (χ4n) is 5.09. The van der Waals surface area contributed by atoms with Gasteiger partial charge in [-0.2, -0.15) is 4.73 Å². The summed E-state index contributed by atoms with van der Waals surface area (Å²) in [4.78, 5) is 33.7. The summed E-state index contributed by atoms with van der Waals surface area (Å²) in [6.45, 7) is 12.2. The van der Waals surface area contributed by atoms with Crippen LogP contribution in [0.15, 0.2) is 85.3 Å². The maximum absolute atomic E-state index is 12.5. The molecule has 0 saturated carbocycles. The number of aromatic nitrogens is 2. The summed E-state index contributed by atoms with van der Waals surface area (Å²) in [6.07, 6.45) is 36.8. The third kappa shape index (κ3) is 21.7. The van der Waals surface area contributed by atoms with E-state index in [2.05, 4.69) is 111 Å². The van der Waals surface area contributed by atoms with Gasteiger partial charge in [-0.1, -0.05) is 79.8 Å². The molecule has 1 saturated heterocycles. The Kier molecular flexibility index (Phi) is 23.6. The van der Waals surface area contributed by atoms with Crippen molar-refractivity contribution in [3.8, 4) is 0 Å². The van der Waals surface area contributed by atoms with Gasteiger partial charge >= 0.3 is 0 Å². The number of rotatable bonds is 25. The highest BCUT2D eigenvalue weighted by atomic mass is 16.5. The van der Waals surface area contributed by atoms with Crippen LogP contribution in [-0.2, 0) is 4.79 Å². The molecule has 2 heterocycles. The van der Waals surface area contributed by atoms with Crippen LogP contribution in [0.1, 0.15) is 80.9 Å². The van der Waals surface area contributed by atoms with Gasteiger partial charge in [0.05, 0.1) is 6.20 Å². The number of hydrogen-bond donors (Lipinski definition) is 3. The van der Waals surface area contributed by atoms with E-state index in [-0.39, 0.29) is 17.5 Å². The maximum Gasteiger partial charge on any atom is 0.276 e. The molecule has 270 valence electrons. The van der Waals surface area contributed by atoms with E-state index in [0.29, 0.717) is 49.4 Å². The Morgan fingerprint density at radius 3 is 1.98 bits per heavy atom. The Hall–Kier alpha value is -3.86. The third-order valence-corrected chi connectivity index (χ3v) is 7.97. The SMILES string of the molecule is CCC=CCC=CCC=CCC=CCC=CCC=CCCC(=O)NCCN(CCCN1CCNCC1)CCNC(=O)c1c[n+]([O-])c(C)cn1. The van der Waals surface area contributed by atoms with Crippen LogP contribution in [-0.4, -0.2) is 92.0 Å². The van der Waals surface area contributed by atoms with E-state index in [4.69, 9.17) is 0 Å². The molecule has 3 N–H and O–H groups in total. The monoisotopic (exact) mass is 675 g/mol. The van der Waals surface area contributed by atoms with Crippen molar-refractivity contribution in [2.24, 2.45) is 0 Å². The maximum atomic E-state index is 12.5. The second kappa shape index (κ2) is 28.0. The van der Waals surface area contributed by atoms with Crippen molar-refractivity contribution in [2.75, 3.05) is 65.4 Å². The van der Waals surface area contributed by atoms with E-state index >= 15 is 0 Å². The Morgan fingerprint density at radius 1 is 0.857 bits per heavy atom. The molecule has 1 fully saturated rings. The molecule has 1 aliphatic heterocycles. The number of carbonyl (C=O) groups is 2. The highest BCUT2D eigenvalue weighted by Crippen LogP contribution is 2.00.